The first-order chi connectivity index (χ1) is 11.6. The highest BCUT2D eigenvalue weighted by Crippen LogP contribution is 2.27. The van der Waals surface area contributed by atoms with Crippen LogP contribution >= 0.6 is 0 Å². The Morgan fingerprint density at radius 3 is 2.62 bits per heavy atom. The Morgan fingerprint density at radius 1 is 1.12 bits per heavy atom. The number of nitrogens with one attached hydrogen (secondary N) is 1. The van der Waals surface area contributed by atoms with Gasteiger partial charge < -0.3 is 5.32 Å². The van der Waals surface area contributed by atoms with E-state index in [9.17, 15) is 4.79 Å². The minimum absolute atomic E-state index is 0.0903. The second-order valence-corrected chi connectivity index (χ2v) is 6.18. The molecule has 3 heteroatoms. The van der Waals surface area contributed by atoms with Crippen LogP contribution in [-0.2, 0) is 0 Å². The van der Waals surface area contributed by atoms with E-state index in [0.29, 0.717) is 11.5 Å². The number of rotatable bonds is 4. The van der Waals surface area contributed by atoms with Gasteiger partial charge in [-0.15, -0.1) is 0 Å². The summed E-state index contributed by atoms with van der Waals surface area (Å²) in [4.78, 5) is 17.4. The molecule has 1 amide bonds. The Labute approximate surface area is 142 Å². The predicted octanol–water partition coefficient (Wildman–Crippen LogP) is 5.31. The number of carbonyl (C=O) groups excluding carboxylic acids is 1. The van der Waals surface area contributed by atoms with Crippen molar-refractivity contribution in [3.8, 4) is 0 Å². The standard InChI is InChI=1S/C21H22N2O/c1-4-14(2)16-9-5-7-11-19(16)23-21(24)18-13-15(3)22-20-12-8-6-10-17(18)20/h5-14H,4H2,1-3H3,(H,23,24). The highest BCUT2D eigenvalue weighted by Gasteiger charge is 2.15. The molecule has 1 aromatic heterocycles. The molecule has 0 radical (unpaired) electrons. The molecule has 1 atom stereocenters. The van der Waals surface area contributed by atoms with Gasteiger partial charge in [0.15, 0.2) is 0 Å². The van der Waals surface area contributed by atoms with Gasteiger partial charge in [-0.2, -0.15) is 0 Å². The Bertz CT molecular complexity index is 886. The lowest BCUT2D eigenvalue weighted by atomic mass is 9.96. The van der Waals surface area contributed by atoms with Crippen molar-refractivity contribution >= 4 is 22.5 Å². The number of aryl methyl sites for hydroxylation is 1. The summed E-state index contributed by atoms with van der Waals surface area (Å²) in [5.74, 6) is 0.310. The van der Waals surface area contributed by atoms with Crippen LogP contribution in [-0.4, -0.2) is 10.9 Å². The molecule has 24 heavy (non-hydrogen) atoms. The Morgan fingerprint density at radius 2 is 1.83 bits per heavy atom. The Kier molecular flexibility index (Phi) is 4.61. The van der Waals surface area contributed by atoms with E-state index in [4.69, 9.17) is 0 Å². The molecular weight excluding hydrogens is 296 g/mol. The van der Waals surface area contributed by atoms with E-state index in [2.05, 4.69) is 30.2 Å². The first-order valence-electron chi connectivity index (χ1n) is 8.36. The average Bonchev–Trinajstić information content (AvgIpc) is 2.60. The summed E-state index contributed by atoms with van der Waals surface area (Å²) >= 11 is 0. The van der Waals surface area contributed by atoms with E-state index in [-0.39, 0.29) is 5.91 Å². The van der Waals surface area contributed by atoms with Crippen LogP contribution in [0.5, 0.6) is 0 Å². The lowest BCUT2D eigenvalue weighted by Gasteiger charge is -2.16. The fourth-order valence-corrected chi connectivity index (χ4v) is 2.95. The summed E-state index contributed by atoms with van der Waals surface area (Å²) in [7, 11) is 0. The third kappa shape index (κ3) is 3.16. The monoisotopic (exact) mass is 318 g/mol. The molecule has 3 rings (SSSR count). The molecule has 1 N–H and O–H groups in total. The fraction of sp³-hybridized carbons (Fsp3) is 0.238. The largest absolute Gasteiger partial charge is 0.322 e. The molecule has 0 aliphatic heterocycles. The number of aromatic nitrogens is 1. The van der Waals surface area contributed by atoms with E-state index >= 15 is 0 Å². The molecule has 0 saturated heterocycles. The number of benzene rings is 2. The number of para-hydroxylation sites is 2. The maximum Gasteiger partial charge on any atom is 0.256 e. The molecule has 122 valence electrons. The second-order valence-electron chi connectivity index (χ2n) is 6.18. The van der Waals surface area contributed by atoms with Gasteiger partial charge in [-0.25, -0.2) is 0 Å². The molecular formula is C21H22N2O. The van der Waals surface area contributed by atoms with Crippen LogP contribution in [0, 0.1) is 6.92 Å². The van der Waals surface area contributed by atoms with Gasteiger partial charge in [0.1, 0.15) is 0 Å². The Hall–Kier alpha value is -2.68. The molecule has 2 aromatic carbocycles. The van der Waals surface area contributed by atoms with Gasteiger partial charge in [0.05, 0.1) is 11.1 Å². The first kappa shape index (κ1) is 16.2. The molecule has 3 aromatic rings. The number of hydrogen-bond donors (Lipinski definition) is 1. The fourth-order valence-electron chi connectivity index (χ4n) is 2.95. The van der Waals surface area contributed by atoms with E-state index < -0.39 is 0 Å². The molecule has 0 fully saturated rings. The topological polar surface area (TPSA) is 42.0 Å². The minimum Gasteiger partial charge on any atom is -0.322 e. The van der Waals surface area contributed by atoms with Crippen molar-refractivity contribution in [2.45, 2.75) is 33.1 Å². The first-order valence-corrected chi connectivity index (χ1v) is 8.36. The van der Waals surface area contributed by atoms with Crippen LogP contribution < -0.4 is 5.32 Å². The molecule has 0 bridgehead atoms. The Balaban J connectivity index is 2.00. The molecule has 0 aliphatic rings. The van der Waals surface area contributed by atoms with E-state index in [1.807, 2.05) is 55.5 Å². The van der Waals surface area contributed by atoms with Crippen molar-refractivity contribution in [2.24, 2.45) is 0 Å². The van der Waals surface area contributed by atoms with Crippen LogP contribution in [0.25, 0.3) is 10.9 Å². The van der Waals surface area contributed by atoms with Gasteiger partial charge in [-0.05, 0) is 43.0 Å². The number of amides is 1. The van der Waals surface area contributed by atoms with Crippen molar-refractivity contribution in [1.29, 1.82) is 0 Å². The van der Waals surface area contributed by atoms with Gasteiger partial charge in [0.25, 0.3) is 5.91 Å². The number of nitrogens with zero attached hydrogens (tertiary/aromatic N) is 1. The molecule has 0 aliphatic carbocycles. The van der Waals surface area contributed by atoms with Gasteiger partial charge >= 0.3 is 0 Å². The number of carbonyl (C=O) groups is 1. The lowest BCUT2D eigenvalue weighted by molar-refractivity contribution is 0.102. The van der Waals surface area contributed by atoms with Crippen molar-refractivity contribution in [1.82, 2.24) is 4.98 Å². The quantitative estimate of drug-likeness (QED) is 0.708. The van der Waals surface area contributed by atoms with Gasteiger partial charge in [0, 0.05) is 16.8 Å². The van der Waals surface area contributed by atoms with Crippen molar-refractivity contribution in [3.63, 3.8) is 0 Å². The third-order valence-electron chi connectivity index (χ3n) is 4.44. The number of hydrogen-bond acceptors (Lipinski definition) is 2. The molecule has 3 nitrogen and oxygen atoms in total. The average molecular weight is 318 g/mol. The van der Waals surface area contributed by atoms with Gasteiger partial charge in [0.2, 0.25) is 0 Å². The normalized spacial score (nSPS) is 12.1. The number of fused-ring (bicyclic) bond motifs is 1. The molecule has 1 heterocycles. The summed E-state index contributed by atoms with van der Waals surface area (Å²) in [6, 6.07) is 17.6. The maximum atomic E-state index is 12.9. The zero-order valence-corrected chi connectivity index (χ0v) is 14.3. The van der Waals surface area contributed by atoms with Crippen molar-refractivity contribution < 1.29 is 4.79 Å². The van der Waals surface area contributed by atoms with E-state index in [1.165, 1.54) is 5.56 Å². The summed E-state index contributed by atoms with van der Waals surface area (Å²) in [5, 5.41) is 3.97. The molecule has 1 unspecified atom stereocenters. The highest BCUT2D eigenvalue weighted by molar-refractivity contribution is 6.12. The SMILES string of the molecule is CCC(C)c1ccccc1NC(=O)c1cc(C)nc2ccccc12. The lowest BCUT2D eigenvalue weighted by Crippen LogP contribution is -2.15. The van der Waals surface area contributed by atoms with E-state index in [0.717, 1.165) is 28.7 Å². The third-order valence-corrected chi connectivity index (χ3v) is 4.44. The van der Waals surface area contributed by atoms with Crippen LogP contribution in [0.1, 0.15) is 47.8 Å². The maximum absolute atomic E-state index is 12.9. The van der Waals surface area contributed by atoms with Crippen molar-refractivity contribution in [2.75, 3.05) is 5.32 Å². The molecule has 0 saturated carbocycles. The van der Waals surface area contributed by atoms with Gasteiger partial charge in [-0.3, -0.25) is 9.78 Å². The number of pyridine rings is 1. The van der Waals surface area contributed by atoms with Crippen LogP contribution in [0.2, 0.25) is 0 Å². The predicted molar refractivity (Wildman–Crippen MR) is 99.6 cm³/mol. The highest BCUT2D eigenvalue weighted by atomic mass is 16.1. The number of anilines is 1. The van der Waals surface area contributed by atoms with Crippen LogP contribution in [0.4, 0.5) is 5.69 Å². The van der Waals surface area contributed by atoms with Crippen LogP contribution in [0.3, 0.4) is 0 Å². The van der Waals surface area contributed by atoms with Crippen molar-refractivity contribution in [3.05, 3.63) is 71.4 Å². The molecule has 0 spiro atoms. The zero-order valence-electron chi connectivity index (χ0n) is 14.3. The van der Waals surface area contributed by atoms with Crippen LogP contribution in [0.15, 0.2) is 54.6 Å². The summed E-state index contributed by atoms with van der Waals surface area (Å²) in [5.41, 5.74) is 4.41. The summed E-state index contributed by atoms with van der Waals surface area (Å²) < 4.78 is 0. The van der Waals surface area contributed by atoms with E-state index in [1.54, 1.807) is 0 Å². The second kappa shape index (κ2) is 6.83. The minimum atomic E-state index is -0.0903. The zero-order chi connectivity index (χ0) is 17.1. The summed E-state index contributed by atoms with van der Waals surface area (Å²) in [6.07, 6.45) is 1.03. The van der Waals surface area contributed by atoms with Gasteiger partial charge in [-0.1, -0.05) is 50.2 Å². The smallest absolute Gasteiger partial charge is 0.256 e. The summed E-state index contributed by atoms with van der Waals surface area (Å²) in [6.45, 7) is 6.25.